The lowest BCUT2D eigenvalue weighted by Crippen LogP contribution is -2.41. The third-order valence-electron chi connectivity index (χ3n) is 2.48. The maximum Gasteiger partial charge on any atom is 0.286 e. The minimum Gasteiger partial charge on any atom is -0.369 e. The summed E-state index contributed by atoms with van der Waals surface area (Å²) >= 11 is 5.24. The predicted molar refractivity (Wildman–Crippen MR) is 80.9 cm³/mol. The van der Waals surface area contributed by atoms with E-state index in [1.54, 1.807) is 12.1 Å². The van der Waals surface area contributed by atoms with Crippen LogP contribution in [0.4, 0.5) is 0 Å². The van der Waals surface area contributed by atoms with Crippen molar-refractivity contribution in [3.8, 4) is 0 Å². The van der Waals surface area contributed by atoms with Crippen LogP contribution in [-0.2, 0) is 4.84 Å². The van der Waals surface area contributed by atoms with Crippen LogP contribution in [0.2, 0.25) is 0 Å². The first-order chi connectivity index (χ1) is 8.73. The van der Waals surface area contributed by atoms with Crippen LogP contribution in [0, 0.1) is 5.41 Å². The molecule has 3 nitrogen and oxygen atoms in total. The summed E-state index contributed by atoms with van der Waals surface area (Å²) in [5, 5.41) is 1.74. The van der Waals surface area contributed by atoms with Crippen molar-refractivity contribution in [3.63, 3.8) is 0 Å². The molecule has 104 valence electrons. The molecule has 0 bridgehead atoms. The molecule has 1 aromatic carbocycles. The second-order valence-corrected chi connectivity index (χ2v) is 6.09. The Morgan fingerprint density at radius 3 is 2.16 bits per heavy atom. The topological polar surface area (TPSA) is 29.5 Å². The average molecular weight is 279 g/mol. The van der Waals surface area contributed by atoms with Gasteiger partial charge in [0.25, 0.3) is 5.91 Å². The standard InChI is InChI=1S/C15H21NO2S/c1-11(2)16(18-14(19)15(3,4)5)13(17)12-9-7-6-8-10-12/h6-11H,1-5H3. The number of carbonyl (C=O) groups is 1. The molecule has 0 heterocycles. The summed E-state index contributed by atoms with van der Waals surface area (Å²) in [4.78, 5) is 18.0. The molecule has 0 aliphatic heterocycles. The Labute approximate surface area is 120 Å². The summed E-state index contributed by atoms with van der Waals surface area (Å²) in [5.41, 5.74) is 0.312. The molecule has 19 heavy (non-hydrogen) atoms. The van der Waals surface area contributed by atoms with Gasteiger partial charge in [-0.05, 0) is 38.2 Å². The Morgan fingerprint density at radius 2 is 1.74 bits per heavy atom. The molecule has 0 unspecified atom stereocenters. The van der Waals surface area contributed by atoms with Gasteiger partial charge in [0, 0.05) is 11.0 Å². The van der Waals surface area contributed by atoms with Gasteiger partial charge >= 0.3 is 0 Å². The molecule has 0 atom stereocenters. The van der Waals surface area contributed by atoms with E-state index in [1.807, 2.05) is 52.8 Å². The molecule has 0 N–H and O–H groups in total. The summed E-state index contributed by atoms with van der Waals surface area (Å²) in [6.07, 6.45) is 0. The smallest absolute Gasteiger partial charge is 0.286 e. The largest absolute Gasteiger partial charge is 0.369 e. The van der Waals surface area contributed by atoms with E-state index in [4.69, 9.17) is 17.1 Å². The summed E-state index contributed by atoms with van der Waals surface area (Å²) < 4.78 is 0. The molecule has 1 rings (SSSR count). The highest BCUT2D eigenvalue weighted by Crippen LogP contribution is 2.20. The molecule has 1 amide bonds. The second kappa shape index (κ2) is 6.15. The quantitative estimate of drug-likeness (QED) is 0.608. The lowest BCUT2D eigenvalue weighted by molar-refractivity contribution is -0.0692. The van der Waals surface area contributed by atoms with Crippen molar-refractivity contribution in [2.75, 3.05) is 0 Å². The van der Waals surface area contributed by atoms with Crippen molar-refractivity contribution in [1.29, 1.82) is 0 Å². The molecular formula is C15H21NO2S. The Bertz CT molecular complexity index is 449. The average Bonchev–Trinajstić information content (AvgIpc) is 2.34. The molecule has 4 heteroatoms. The second-order valence-electron chi connectivity index (χ2n) is 5.72. The molecule has 0 fully saturated rings. The molecule has 0 spiro atoms. The first kappa shape index (κ1) is 15.6. The monoisotopic (exact) mass is 279 g/mol. The van der Waals surface area contributed by atoms with Gasteiger partial charge in [-0.25, -0.2) is 0 Å². The van der Waals surface area contributed by atoms with Crippen molar-refractivity contribution >= 4 is 23.2 Å². The number of benzene rings is 1. The van der Waals surface area contributed by atoms with E-state index in [0.29, 0.717) is 10.6 Å². The number of hydrogen-bond donors (Lipinski definition) is 0. The van der Waals surface area contributed by atoms with Gasteiger partial charge in [-0.15, -0.1) is 0 Å². The zero-order valence-corrected chi connectivity index (χ0v) is 13.0. The van der Waals surface area contributed by atoms with Gasteiger partial charge in [0.2, 0.25) is 5.05 Å². The number of amides is 1. The third kappa shape index (κ3) is 4.31. The highest BCUT2D eigenvalue weighted by molar-refractivity contribution is 7.80. The Balaban J connectivity index is 2.91. The van der Waals surface area contributed by atoms with Crippen molar-refractivity contribution in [3.05, 3.63) is 35.9 Å². The van der Waals surface area contributed by atoms with Crippen LogP contribution < -0.4 is 0 Å². The van der Waals surface area contributed by atoms with Crippen molar-refractivity contribution in [2.24, 2.45) is 5.41 Å². The number of carbonyl (C=O) groups excluding carboxylic acids is 1. The maximum atomic E-state index is 12.4. The number of rotatable bonds is 2. The fourth-order valence-corrected chi connectivity index (χ4v) is 1.40. The van der Waals surface area contributed by atoms with E-state index in [0.717, 1.165) is 0 Å². The van der Waals surface area contributed by atoms with Gasteiger partial charge in [-0.3, -0.25) is 4.79 Å². The van der Waals surface area contributed by atoms with Gasteiger partial charge in [0.15, 0.2) is 0 Å². The minimum absolute atomic E-state index is 0.0898. The molecule has 0 saturated heterocycles. The van der Waals surface area contributed by atoms with E-state index in [2.05, 4.69) is 0 Å². The molecule has 1 aromatic rings. The van der Waals surface area contributed by atoms with Gasteiger partial charge in [0.1, 0.15) is 0 Å². The third-order valence-corrected chi connectivity index (χ3v) is 3.17. The normalized spacial score (nSPS) is 11.3. The van der Waals surface area contributed by atoms with Gasteiger partial charge in [0.05, 0.1) is 6.04 Å². The van der Waals surface area contributed by atoms with Gasteiger partial charge < -0.3 is 4.84 Å². The molecule has 0 radical (unpaired) electrons. The summed E-state index contributed by atoms with van der Waals surface area (Å²) in [6.45, 7) is 9.67. The van der Waals surface area contributed by atoms with Crippen LogP contribution in [0.15, 0.2) is 30.3 Å². The predicted octanol–water partition coefficient (Wildman–Crippen LogP) is 3.84. The fourth-order valence-electron chi connectivity index (χ4n) is 1.32. The van der Waals surface area contributed by atoms with Crippen LogP contribution in [0.25, 0.3) is 0 Å². The van der Waals surface area contributed by atoms with Crippen molar-refractivity contribution < 1.29 is 9.63 Å². The van der Waals surface area contributed by atoms with Crippen molar-refractivity contribution in [2.45, 2.75) is 40.7 Å². The van der Waals surface area contributed by atoms with Crippen LogP contribution in [0.3, 0.4) is 0 Å². The maximum absolute atomic E-state index is 12.4. The molecule has 0 aliphatic rings. The van der Waals surface area contributed by atoms with E-state index in [9.17, 15) is 4.79 Å². The SMILES string of the molecule is CC(C)N(OC(=S)C(C)(C)C)C(=O)c1ccccc1. The van der Waals surface area contributed by atoms with Crippen molar-refractivity contribution in [1.82, 2.24) is 5.06 Å². The fraction of sp³-hybridized carbons (Fsp3) is 0.467. The Hall–Kier alpha value is -1.42. The van der Waals surface area contributed by atoms with Crippen LogP contribution in [-0.4, -0.2) is 22.1 Å². The Morgan fingerprint density at radius 1 is 1.21 bits per heavy atom. The Kier molecular flexibility index (Phi) is 5.06. The van der Waals surface area contributed by atoms with E-state index >= 15 is 0 Å². The number of hydroxylamine groups is 2. The minimum atomic E-state index is -0.278. The first-order valence-corrected chi connectivity index (χ1v) is 6.75. The summed E-state index contributed by atoms with van der Waals surface area (Å²) in [6, 6.07) is 8.97. The number of thiocarbonyl (C=S) groups is 1. The molecule has 0 aromatic heterocycles. The first-order valence-electron chi connectivity index (χ1n) is 6.34. The molecule has 0 aliphatic carbocycles. The van der Waals surface area contributed by atoms with Crippen LogP contribution in [0.5, 0.6) is 0 Å². The van der Waals surface area contributed by atoms with E-state index < -0.39 is 0 Å². The van der Waals surface area contributed by atoms with Crippen LogP contribution >= 0.6 is 12.2 Å². The lowest BCUT2D eigenvalue weighted by atomic mass is 9.98. The summed E-state index contributed by atoms with van der Waals surface area (Å²) in [5.74, 6) is -0.179. The number of nitrogens with zero attached hydrogens (tertiary/aromatic N) is 1. The number of hydrogen-bond acceptors (Lipinski definition) is 3. The zero-order valence-electron chi connectivity index (χ0n) is 12.1. The van der Waals surface area contributed by atoms with E-state index in [1.165, 1.54) is 5.06 Å². The van der Waals surface area contributed by atoms with Gasteiger partial charge in [-0.1, -0.05) is 39.0 Å². The van der Waals surface area contributed by atoms with Crippen LogP contribution in [0.1, 0.15) is 45.0 Å². The lowest BCUT2D eigenvalue weighted by Gasteiger charge is -2.30. The van der Waals surface area contributed by atoms with E-state index in [-0.39, 0.29) is 17.4 Å². The van der Waals surface area contributed by atoms with Gasteiger partial charge in [-0.2, -0.15) is 5.06 Å². The summed E-state index contributed by atoms with van der Waals surface area (Å²) in [7, 11) is 0. The highest BCUT2D eigenvalue weighted by Gasteiger charge is 2.27. The molecular weight excluding hydrogens is 258 g/mol. The zero-order chi connectivity index (χ0) is 14.6. The molecule has 0 saturated carbocycles. The highest BCUT2D eigenvalue weighted by atomic mass is 32.1.